The third kappa shape index (κ3) is 4.99. The molecule has 6 rings (SSSR count). The Bertz CT molecular complexity index is 1480. The highest BCUT2D eigenvalue weighted by Crippen LogP contribution is 2.47. The topological polar surface area (TPSA) is 106 Å². The van der Waals surface area contributed by atoms with Gasteiger partial charge in [-0.15, -0.1) is 13.2 Å². The van der Waals surface area contributed by atoms with Gasteiger partial charge in [0.15, 0.2) is 5.75 Å². The molecule has 2 unspecified atom stereocenters. The van der Waals surface area contributed by atoms with Crippen molar-refractivity contribution in [1.82, 2.24) is 14.5 Å². The maximum absolute atomic E-state index is 13.3. The smallest absolute Gasteiger partial charge is 0.404 e. The lowest BCUT2D eigenvalue weighted by molar-refractivity contribution is -0.274. The Morgan fingerprint density at radius 1 is 1.18 bits per heavy atom. The number of benzene rings is 2. The van der Waals surface area contributed by atoms with Gasteiger partial charge in [-0.2, -0.15) is 0 Å². The first-order valence-corrected chi connectivity index (χ1v) is 12.9. The molecule has 2 atom stereocenters. The third-order valence-corrected chi connectivity index (χ3v) is 7.85. The van der Waals surface area contributed by atoms with Crippen LogP contribution in [-0.2, 0) is 9.53 Å². The van der Waals surface area contributed by atoms with Gasteiger partial charge in [0.25, 0.3) is 5.56 Å². The lowest BCUT2D eigenvalue weighted by Gasteiger charge is -2.34. The minimum absolute atomic E-state index is 0.109. The molecule has 3 aromatic rings. The van der Waals surface area contributed by atoms with Crippen LogP contribution in [0.4, 0.5) is 18.9 Å². The van der Waals surface area contributed by atoms with Gasteiger partial charge in [0.2, 0.25) is 5.91 Å². The normalized spacial score (nSPS) is 22.5. The number of nitrogens with zero attached hydrogens (tertiary/aromatic N) is 3. The van der Waals surface area contributed by atoms with E-state index in [0.29, 0.717) is 50.0 Å². The van der Waals surface area contributed by atoms with Gasteiger partial charge in [0.1, 0.15) is 11.9 Å². The van der Waals surface area contributed by atoms with Crippen molar-refractivity contribution in [2.24, 2.45) is 5.92 Å². The van der Waals surface area contributed by atoms with Crippen LogP contribution in [0, 0.1) is 5.92 Å². The highest BCUT2D eigenvalue weighted by molar-refractivity contribution is 6.01. The average Bonchev–Trinajstić information content (AvgIpc) is 3.84. The zero-order valence-corrected chi connectivity index (χ0v) is 20.9. The molecule has 1 aliphatic heterocycles. The standard InChI is InChI=1S/C27H27F3N4O5/c28-27(29,30)39-23-4-2-18(13-22(23)32-25(37)26(5-6-26)33-7-9-38-10-8-33)34-15-31-21-12-16(20-11-17(20)14-35)1-3-19(21)24(34)36/h1-4,12-13,15,17,20,35H,5-11,14H2,(H,32,37). The second kappa shape index (κ2) is 9.61. The second-order valence-corrected chi connectivity index (χ2v) is 10.3. The predicted octanol–water partition coefficient (Wildman–Crippen LogP) is 3.18. The molecule has 3 fully saturated rings. The van der Waals surface area contributed by atoms with Gasteiger partial charge in [0.05, 0.1) is 35.5 Å². The zero-order chi connectivity index (χ0) is 27.4. The van der Waals surface area contributed by atoms with E-state index in [1.54, 1.807) is 6.07 Å². The Morgan fingerprint density at radius 3 is 2.62 bits per heavy atom. The number of amides is 1. The molecule has 0 bridgehead atoms. The van der Waals surface area contributed by atoms with Crippen LogP contribution in [0.2, 0.25) is 0 Å². The Balaban J connectivity index is 1.33. The first-order valence-electron chi connectivity index (χ1n) is 12.9. The molecule has 9 nitrogen and oxygen atoms in total. The van der Waals surface area contributed by atoms with Crippen LogP contribution in [0.15, 0.2) is 47.5 Å². The predicted molar refractivity (Wildman–Crippen MR) is 135 cm³/mol. The molecule has 0 radical (unpaired) electrons. The van der Waals surface area contributed by atoms with Crippen molar-refractivity contribution >= 4 is 22.5 Å². The number of halogens is 3. The Hall–Kier alpha value is -3.48. The van der Waals surface area contributed by atoms with Crippen molar-refractivity contribution in [3.05, 3.63) is 58.6 Å². The summed E-state index contributed by atoms with van der Waals surface area (Å²) in [4.78, 5) is 33.1. The van der Waals surface area contributed by atoms with Crippen molar-refractivity contribution in [1.29, 1.82) is 0 Å². The summed E-state index contributed by atoms with van der Waals surface area (Å²) in [6, 6.07) is 9.01. The summed E-state index contributed by atoms with van der Waals surface area (Å²) in [6.45, 7) is 2.18. The highest BCUT2D eigenvalue weighted by atomic mass is 19.4. The molecule has 206 valence electrons. The van der Waals surface area contributed by atoms with E-state index in [4.69, 9.17) is 4.74 Å². The summed E-state index contributed by atoms with van der Waals surface area (Å²) in [7, 11) is 0. The van der Waals surface area contributed by atoms with Gasteiger partial charge in [-0.25, -0.2) is 4.98 Å². The number of hydrogen-bond acceptors (Lipinski definition) is 7. The fraction of sp³-hybridized carbons (Fsp3) is 0.444. The van der Waals surface area contributed by atoms with Crippen LogP contribution in [0.5, 0.6) is 5.75 Å². The number of alkyl halides is 3. The maximum Gasteiger partial charge on any atom is 0.573 e. The van der Waals surface area contributed by atoms with E-state index >= 15 is 0 Å². The van der Waals surface area contributed by atoms with Gasteiger partial charge in [-0.05, 0) is 67.0 Å². The molecule has 1 aromatic heterocycles. The SMILES string of the molecule is O=C(Nc1cc(-n2cnc3cc(C4CC4CO)ccc3c2=O)ccc1OC(F)(F)F)C1(N2CCOCC2)CC1. The zero-order valence-electron chi connectivity index (χ0n) is 20.9. The van der Waals surface area contributed by atoms with E-state index in [9.17, 15) is 27.9 Å². The van der Waals surface area contributed by atoms with Crippen LogP contribution in [0.25, 0.3) is 16.6 Å². The third-order valence-electron chi connectivity index (χ3n) is 7.85. The van der Waals surface area contributed by atoms with Crippen LogP contribution in [0.1, 0.15) is 30.7 Å². The van der Waals surface area contributed by atoms with E-state index < -0.39 is 29.1 Å². The minimum atomic E-state index is -4.97. The number of ether oxygens (including phenoxy) is 2. The Kier molecular flexibility index (Phi) is 6.35. The van der Waals surface area contributed by atoms with E-state index in [0.717, 1.165) is 18.1 Å². The number of aromatic nitrogens is 2. The fourth-order valence-electron chi connectivity index (χ4n) is 5.43. The van der Waals surface area contributed by atoms with Crippen molar-refractivity contribution in [2.45, 2.75) is 37.1 Å². The number of anilines is 1. The first-order chi connectivity index (χ1) is 18.7. The summed E-state index contributed by atoms with van der Waals surface area (Å²) >= 11 is 0. The van der Waals surface area contributed by atoms with Crippen LogP contribution >= 0.6 is 0 Å². The number of rotatable bonds is 7. The molecule has 12 heteroatoms. The number of nitrogens with one attached hydrogen (secondary N) is 1. The number of fused-ring (bicyclic) bond motifs is 1. The minimum Gasteiger partial charge on any atom is -0.404 e. The molecular formula is C27H27F3N4O5. The van der Waals surface area contributed by atoms with E-state index in [2.05, 4.69) is 15.0 Å². The number of carbonyl (C=O) groups is 1. The van der Waals surface area contributed by atoms with E-state index in [-0.39, 0.29) is 29.8 Å². The first kappa shape index (κ1) is 25.8. The van der Waals surface area contributed by atoms with E-state index in [1.165, 1.54) is 23.0 Å². The second-order valence-electron chi connectivity index (χ2n) is 10.3. The summed E-state index contributed by atoms with van der Waals surface area (Å²) < 4.78 is 50.3. The largest absolute Gasteiger partial charge is 0.573 e. The highest BCUT2D eigenvalue weighted by Gasteiger charge is 2.54. The molecule has 1 amide bonds. The van der Waals surface area contributed by atoms with Gasteiger partial charge in [0, 0.05) is 19.7 Å². The number of carbonyl (C=O) groups excluding carboxylic acids is 1. The molecule has 0 spiro atoms. The molecule has 39 heavy (non-hydrogen) atoms. The summed E-state index contributed by atoms with van der Waals surface area (Å²) in [6.07, 6.45) is -1.61. The maximum atomic E-state index is 13.3. The Labute approximate surface area is 221 Å². The van der Waals surface area contributed by atoms with E-state index in [1.807, 2.05) is 17.0 Å². The molecule has 2 aromatic carbocycles. The summed E-state index contributed by atoms with van der Waals surface area (Å²) in [5, 5.41) is 12.3. The lowest BCUT2D eigenvalue weighted by atomic mass is 10.1. The molecular weight excluding hydrogens is 517 g/mol. The van der Waals surface area contributed by atoms with Crippen LogP contribution in [-0.4, -0.2) is 70.3 Å². The Morgan fingerprint density at radius 2 is 1.95 bits per heavy atom. The number of morpholine rings is 1. The summed E-state index contributed by atoms with van der Waals surface area (Å²) in [5.41, 5.74) is 0.311. The molecule has 2 N–H and O–H groups in total. The average molecular weight is 545 g/mol. The van der Waals surface area contributed by atoms with Crippen molar-refractivity contribution < 1.29 is 32.5 Å². The molecule has 2 aliphatic carbocycles. The molecule has 2 saturated carbocycles. The van der Waals surface area contributed by atoms with Crippen LogP contribution in [0.3, 0.4) is 0 Å². The van der Waals surface area contributed by atoms with Crippen LogP contribution < -0.4 is 15.6 Å². The van der Waals surface area contributed by atoms with Crippen molar-refractivity contribution in [2.75, 3.05) is 38.2 Å². The molecule has 3 aliphatic rings. The van der Waals surface area contributed by atoms with Gasteiger partial charge in [-0.1, -0.05) is 6.07 Å². The van der Waals surface area contributed by atoms with Crippen molar-refractivity contribution in [3.8, 4) is 11.4 Å². The lowest BCUT2D eigenvalue weighted by Crippen LogP contribution is -2.51. The van der Waals surface area contributed by atoms with Gasteiger partial charge < -0.3 is 19.9 Å². The monoisotopic (exact) mass is 544 g/mol. The molecule has 1 saturated heterocycles. The molecule has 2 heterocycles. The van der Waals surface area contributed by atoms with Crippen molar-refractivity contribution in [3.63, 3.8) is 0 Å². The number of aliphatic hydroxyl groups excluding tert-OH is 1. The fourth-order valence-corrected chi connectivity index (χ4v) is 5.43. The van der Waals surface area contributed by atoms with Gasteiger partial charge >= 0.3 is 6.36 Å². The number of hydrogen-bond donors (Lipinski definition) is 2. The van der Waals surface area contributed by atoms with Gasteiger partial charge in [-0.3, -0.25) is 19.1 Å². The number of aliphatic hydroxyl groups is 1. The quantitative estimate of drug-likeness (QED) is 0.471. The summed E-state index contributed by atoms with van der Waals surface area (Å²) in [5.74, 6) is -0.548.